The number of nitrogens with one attached hydrogen (secondary N) is 2. The predicted octanol–water partition coefficient (Wildman–Crippen LogP) is 2.23. The van der Waals surface area contributed by atoms with Crippen LogP contribution in [-0.2, 0) is 17.8 Å². The van der Waals surface area contributed by atoms with Crippen molar-refractivity contribution in [1.82, 2.24) is 20.4 Å². The van der Waals surface area contributed by atoms with Gasteiger partial charge >= 0.3 is 6.03 Å². The lowest BCUT2D eigenvalue weighted by Gasteiger charge is -2.37. The van der Waals surface area contributed by atoms with Crippen molar-refractivity contribution in [2.75, 3.05) is 32.7 Å². The van der Waals surface area contributed by atoms with Crippen LogP contribution in [0, 0.1) is 5.92 Å². The van der Waals surface area contributed by atoms with Crippen molar-refractivity contribution in [2.24, 2.45) is 5.92 Å². The van der Waals surface area contributed by atoms with E-state index in [-0.39, 0.29) is 36.3 Å². The molecule has 2 atom stereocenters. The van der Waals surface area contributed by atoms with Crippen molar-refractivity contribution >= 4 is 35.7 Å². The van der Waals surface area contributed by atoms with Crippen LogP contribution in [0.25, 0.3) is 0 Å². The standard InChI is InChI=1S/C19H28N4O2S.ClH/c24-18(21-16-4-1-7-20-11-16)15-3-2-8-22(13-15)19(25)23-9-5-17-14(12-23)6-10-26-17;/h6,10,15-16,20H,1-5,7-9,11-13H2,(H,21,24);1H/t15?,16-;/m0./s1. The molecular formula is C19H29ClN4O2S. The maximum atomic E-state index is 13.0. The number of halogens is 1. The third-order valence-electron chi connectivity index (χ3n) is 5.78. The van der Waals surface area contributed by atoms with Gasteiger partial charge in [0, 0.05) is 43.6 Å². The van der Waals surface area contributed by atoms with Crippen LogP contribution < -0.4 is 10.6 Å². The highest BCUT2D eigenvalue weighted by molar-refractivity contribution is 7.10. The molecule has 1 aromatic heterocycles. The summed E-state index contributed by atoms with van der Waals surface area (Å²) >= 11 is 1.79. The Bertz CT molecular complexity index is 662. The van der Waals surface area contributed by atoms with Crippen LogP contribution in [0.1, 0.15) is 36.1 Å². The van der Waals surface area contributed by atoms with Crippen molar-refractivity contribution in [3.8, 4) is 0 Å². The number of nitrogens with zero attached hydrogens (tertiary/aromatic N) is 2. The van der Waals surface area contributed by atoms with E-state index in [1.807, 2.05) is 9.80 Å². The zero-order valence-electron chi connectivity index (χ0n) is 15.6. The van der Waals surface area contributed by atoms with Gasteiger partial charge in [0.25, 0.3) is 0 Å². The molecule has 6 nitrogen and oxygen atoms in total. The molecule has 3 aliphatic heterocycles. The van der Waals surface area contributed by atoms with Gasteiger partial charge in [0.2, 0.25) is 5.91 Å². The number of hydrogen-bond donors (Lipinski definition) is 2. The Morgan fingerprint density at radius 3 is 2.89 bits per heavy atom. The van der Waals surface area contributed by atoms with Gasteiger partial charge in [-0.15, -0.1) is 23.7 Å². The lowest BCUT2D eigenvalue weighted by atomic mass is 9.96. The van der Waals surface area contributed by atoms with E-state index in [1.165, 1.54) is 10.4 Å². The molecule has 2 fully saturated rings. The molecule has 8 heteroatoms. The molecule has 2 saturated heterocycles. The van der Waals surface area contributed by atoms with Gasteiger partial charge in [-0.25, -0.2) is 4.79 Å². The molecule has 0 saturated carbocycles. The van der Waals surface area contributed by atoms with E-state index < -0.39 is 0 Å². The van der Waals surface area contributed by atoms with Crippen molar-refractivity contribution < 1.29 is 9.59 Å². The quantitative estimate of drug-likeness (QED) is 0.782. The Morgan fingerprint density at radius 1 is 1.19 bits per heavy atom. The smallest absolute Gasteiger partial charge is 0.320 e. The average Bonchev–Trinajstić information content (AvgIpc) is 3.16. The van der Waals surface area contributed by atoms with E-state index in [2.05, 4.69) is 22.1 Å². The minimum absolute atomic E-state index is 0. The Morgan fingerprint density at radius 2 is 2.07 bits per heavy atom. The van der Waals surface area contributed by atoms with Crippen molar-refractivity contribution in [3.63, 3.8) is 0 Å². The van der Waals surface area contributed by atoms with E-state index in [0.717, 1.165) is 58.3 Å². The summed E-state index contributed by atoms with van der Waals surface area (Å²) in [6.07, 6.45) is 4.89. The second-order valence-electron chi connectivity index (χ2n) is 7.66. The summed E-state index contributed by atoms with van der Waals surface area (Å²) in [6, 6.07) is 2.46. The zero-order valence-corrected chi connectivity index (χ0v) is 17.2. The number of rotatable bonds is 2. The molecule has 0 aliphatic carbocycles. The second-order valence-corrected chi connectivity index (χ2v) is 8.66. The van der Waals surface area contributed by atoms with Gasteiger partial charge in [0.05, 0.1) is 5.92 Å². The Balaban J connectivity index is 0.00000210. The maximum absolute atomic E-state index is 13.0. The van der Waals surface area contributed by atoms with Gasteiger partial charge in [-0.2, -0.15) is 0 Å². The highest BCUT2D eigenvalue weighted by Crippen LogP contribution is 2.26. The molecule has 4 heterocycles. The fourth-order valence-corrected chi connectivity index (χ4v) is 5.16. The molecule has 0 bridgehead atoms. The van der Waals surface area contributed by atoms with Gasteiger partial charge in [0.1, 0.15) is 0 Å². The van der Waals surface area contributed by atoms with Crippen LogP contribution in [-0.4, -0.2) is 60.5 Å². The summed E-state index contributed by atoms with van der Waals surface area (Å²) in [5.74, 6) is 0.0473. The van der Waals surface area contributed by atoms with Crippen molar-refractivity contribution in [3.05, 3.63) is 21.9 Å². The van der Waals surface area contributed by atoms with E-state index >= 15 is 0 Å². The average molecular weight is 413 g/mol. The lowest BCUT2D eigenvalue weighted by molar-refractivity contribution is -0.127. The largest absolute Gasteiger partial charge is 0.352 e. The minimum atomic E-state index is -0.0730. The molecule has 150 valence electrons. The fourth-order valence-electron chi connectivity index (χ4n) is 4.27. The fraction of sp³-hybridized carbons (Fsp3) is 0.684. The van der Waals surface area contributed by atoms with E-state index in [4.69, 9.17) is 0 Å². The summed E-state index contributed by atoms with van der Waals surface area (Å²) in [6.45, 7) is 4.71. The zero-order chi connectivity index (χ0) is 17.9. The van der Waals surface area contributed by atoms with Crippen LogP contribution >= 0.6 is 23.7 Å². The molecule has 3 aliphatic rings. The van der Waals surface area contributed by atoms with Crippen LogP contribution in [0.4, 0.5) is 4.79 Å². The Kier molecular flexibility index (Phi) is 7.00. The number of thiophene rings is 1. The SMILES string of the molecule is Cl.O=C(N[C@H]1CCCNC1)C1CCCN(C(=O)N2CCc3sccc3C2)C1. The lowest BCUT2D eigenvalue weighted by Crippen LogP contribution is -2.53. The number of carbonyl (C=O) groups is 2. The maximum Gasteiger partial charge on any atom is 0.320 e. The molecule has 0 aromatic carbocycles. The molecule has 1 unspecified atom stereocenters. The normalized spacial score (nSPS) is 25.3. The van der Waals surface area contributed by atoms with E-state index in [9.17, 15) is 9.59 Å². The highest BCUT2D eigenvalue weighted by Gasteiger charge is 2.32. The van der Waals surface area contributed by atoms with Gasteiger partial charge in [-0.05, 0) is 55.7 Å². The van der Waals surface area contributed by atoms with Crippen LogP contribution in [0.5, 0.6) is 0 Å². The number of carbonyl (C=O) groups excluding carboxylic acids is 2. The number of likely N-dealkylation sites (tertiary alicyclic amines) is 1. The molecule has 1 aromatic rings. The Hall–Kier alpha value is -1.31. The van der Waals surface area contributed by atoms with Crippen LogP contribution in [0.15, 0.2) is 11.4 Å². The van der Waals surface area contributed by atoms with Gasteiger partial charge in [0.15, 0.2) is 0 Å². The van der Waals surface area contributed by atoms with Crippen molar-refractivity contribution in [1.29, 1.82) is 0 Å². The van der Waals surface area contributed by atoms with Gasteiger partial charge < -0.3 is 20.4 Å². The molecule has 2 N–H and O–H groups in total. The summed E-state index contributed by atoms with van der Waals surface area (Å²) in [7, 11) is 0. The first kappa shape index (κ1) is 20.4. The third-order valence-corrected chi connectivity index (χ3v) is 6.81. The molecule has 27 heavy (non-hydrogen) atoms. The molecule has 0 radical (unpaired) electrons. The van der Waals surface area contributed by atoms with Gasteiger partial charge in [-0.1, -0.05) is 0 Å². The number of amides is 3. The summed E-state index contributed by atoms with van der Waals surface area (Å²) < 4.78 is 0. The number of hydrogen-bond acceptors (Lipinski definition) is 4. The highest BCUT2D eigenvalue weighted by atomic mass is 35.5. The van der Waals surface area contributed by atoms with E-state index in [1.54, 1.807) is 11.3 Å². The second kappa shape index (κ2) is 9.26. The number of urea groups is 1. The molecule has 4 rings (SSSR count). The molecule has 3 amide bonds. The minimum Gasteiger partial charge on any atom is -0.352 e. The molecule has 0 spiro atoms. The van der Waals surface area contributed by atoms with Crippen molar-refractivity contribution in [2.45, 2.75) is 44.7 Å². The first-order chi connectivity index (χ1) is 12.7. The van der Waals surface area contributed by atoms with Crippen LogP contribution in [0.2, 0.25) is 0 Å². The first-order valence-corrected chi connectivity index (χ1v) is 10.7. The van der Waals surface area contributed by atoms with Gasteiger partial charge in [-0.3, -0.25) is 4.79 Å². The number of piperidine rings is 2. The topological polar surface area (TPSA) is 64.7 Å². The van der Waals surface area contributed by atoms with E-state index in [0.29, 0.717) is 13.1 Å². The third kappa shape index (κ3) is 4.76. The summed E-state index contributed by atoms with van der Waals surface area (Å²) in [5.41, 5.74) is 1.28. The summed E-state index contributed by atoms with van der Waals surface area (Å²) in [5, 5.41) is 8.63. The van der Waals surface area contributed by atoms with Crippen LogP contribution in [0.3, 0.4) is 0 Å². The first-order valence-electron chi connectivity index (χ1n) is 9.81. The predicted molar refractivity (Wildman–Crippen MR) is 109 cm³/mol. The number of fused-ring (bicyclic) bond motifs is 1. The molecular weight excluding hydrogens is 384 g/mol. The summed E-state index contributed by atoms with van der Waals surface area (Å²) in [4.78, 5) is 30.9. The monoisotopic (exact) mass is 412 g/mol. The Labute approximate surface area is 171 Å².